The van der Waals surface area contributed by atoms with Crippen LogP contribution in [0.15, 0.2) is 22.9 Å². The molecule has 0 N–H and O–H groups in total. The summed E-state index contributed by atoms with van der Waals surface area (Å²) < 4.78 is 31.0. The SMILES string of the molecule is Cc1noc(C2CCN(C(=O)c3ncccc3C)CCN2S(C)(=O)=O)n1. The predicted molar refractivity (Wildman–Crippen MR) is 92.8 cm³/mol. The lowest BCUT2D eigenvalue weighted by Crippen LogP contribution is -2.38. The van der Waals surface area contributed by atoms with E-state index >= 15 is 0 Å². The van der Waals surface area contributed by atoms with Crippen LogP contribution in [0.2, 0.25) is 0 Å². The summed E-state index contributed by atoms with van der Waals surface area (Å²) in [6, 6.07) is 3.01. The van der Waals surface area contributed by atoms with Gasteiger partial charge in [0.15, 0.2) is 5.82 Å². The predicted octanol–water partition coefficient (Wildman–Crippen LogP) is 0.930. The van der Waals surface area contributed by atoms with Crippen molar-refractivity contribution in [2.75, 3.05) is 25.9 Å². The van der Waals surface area contributed by atoms with Crippen LogP contribution >= 0.6 is 0 Å². The number of pyridine rings is 1. The first-order valence-corrected chi connectivity index (χ1v) is 10.1. The Morgan fingerprint density at radius 1 is 1.27 bits per heavy atom. The van der Waals surface area contributed by atoms with Gasteiger partial charge in [-0.05, 0) is 31.9 Å². The number of nitrogens with zero attached hydrogens (tertiary/aromatic N) is 5. The normalized spacial score (nSPS) is 19.3. The first-order chi connectivity index (χ1) is 12.3. The molecular weight excluding hydrogens is 358 g/mol. The Bertz CT molecular complexity index is 911. The number of amides is 1. The zero-order chi connectivity index (χ0) is 18.9. The third-order valence-corrected chi connectivity index (χ3v) is 5.65. The molecule has 1 amide bonds. The molecule has 1 aliphatic rings. The maximum absolute atomic E-state index is 12.8. The highest BCUT2D eigenvalue weighted by molar-refractivity contribution is 7.88. The summed E-state index contributed by atoms with van der Waals surface area (Å²) >= 11 is 0. The van der Waals surface area contributed by atoms with Gasteiger partial charge in [0.25, 0.3) is 5.91 Å². The second-order valence-electron chi connectivity index (χ2n) is 6.32. The number of sulfonamides is 1. The lowest BCUT2D eigenvalue weighted by Gasteiger charge is -2.24. The Morgan fingerprint density at radius 3 is 2.65 bits per heavy atom. The van der Waals surface area contributed by atoms with E-state index in [1.54, 1.807) is 24.1 Å². The van der Waals surface area contributed by atoms with E-state index in [-0.39, 0.29) is 24.9 Å². The van der Waals surface area contributed by atoms with Crippen molar-refractivity contribution in [3.8, 4) is 0 Å². The molecule has 0 spiro atoms. The third kappa shape index (κ3) is 3.75. The molecule has 1 atom stereocenters. The third-order valence-electron chi connectivity index (χ3n) is 4.36. The average molecular weight is 379 g/mol. The smallest absolute Gasteiger partial charge is 0.272 e. The summed E-state index contributed by atoms with van der Waals surface area (Å²) in [5, 5.41) is 3.75. The van der Waals surface area contributed by atoms with Gasteiger partial charge >= 0.3 is 0 Å². The van der Waals surface area contributed by atoms with Crippen molar-refractivity contribution in [3.05, 3.63) is 41.3 Å². The molecule has 1 unspecified atom stereocenters. The minimum atomic E-state index is -3.51. The van der Waals surface area contributed by atoms with E-state index in [1.807, 2.05) is 13.0 Å². The standard InChI is InChI=1S/C16H21N5O4S/c1-11-5-4-7-17-14(11)16(22)20-8-6-13(15-18-12(2)19-25-15)21(10-9-20)26(3,23)24/h4-5,7,13H,6,8-10H2,1-3H3. The van der Waals surface area contributed by atoms with Gasteiger partial charge in [0.05, 0.1) is 6.26 Å². The van der Waals surface area contributed by atoms with Crippen molar-refractivity contribution in [3.63, 3.8) is 0 Å². The van der Waals surface area contributed by atoms with Crippen LogP contribution in [0.4, 0.5) is 0 Å². The molecule has 0 aliphatic carbocycles. The van der Waals surface area contributed by atoms with Gasteiger partial charge < -0.3 is 9.42 Å². The van der Waals surface area contributed by atoms with Crippen LogP contribution < -0.4 is 0 Å². The Labute approximate surface area is 152 Å². The molecule has 1 aliphatic heterocycles. The molecule has 2 aromatic heterocycles. The Hall–Kier alpha value is -2.33. The second-order valence-corrected chi connectivity index (χ2v) is 8.25. The van der Waals surface area contributed by atoms with Crippen LogP contribution in [0.25, 0.3) is 0 Å². The van der Waals surface area contributed by atoms with E-state index in [0.717, 1.165) is 11.8 Å². The van der Waals surface area contributed by atoms with E-state index in [2.05, 4.69) is 15.1 Å². The van der Waals surface area contributed by atoms with Crippen LogP contribution in [-0.4, -0.2) is 64.5 Å². The summed E-state index contributed by atoms with van der Waals surface area (Å²) in [7, 11) is -3.51. The van der Waals surface area contributed by atoms with Gasteiger partial charge in [0.1, 0.15) is 11.7 Å². The maximum Gasteiger partial charge on any atom is 0.272 e. The topological polar surface area (TPSA) is 110 Å². The molecule has 1 fully saturated rings. The first kappa shape index (κ1) is 18.5. The number of hydrogen-bond acceptors (Lipinski definition) is 7. The Kier molecular flexibility index (Phi) is 5.05. The molecule has 0 radical (unpaired) electrons. The van der Waals surface area contributed by atoms with Crippen LogP contribution in [0, 0.1) is 13.8 Å². The highest BCUT2D eigenvalue weighted by Crippen LogP contribution is 2.28. The quantitative estimate of drug-likeness (QED) is 0.780. The zero-order valence-electron chi connectivity index (χ0n) is 14.9. The van der Waals surface area contributed by atoms with Crippen molar-refractivity contribution in [2.24, 2.45) is 0 Å². The summed E-state index contributed by atoms with van der Waals surface area (Å²) in [6.07, 6.45) is 3.08. The summed E-state index contributed by atoms with van der Waals surface area (Å²) in [4.78, 5) is 22.8. The van der Waals surface area contributed by atoms with Gasteiger partial charge in [-0.1, -0.05) is 11.2 Å². The van der Waals surface area contributed by atoms with Crippen LogP contribution in [0.5, 0.6) is 0 Å². The van der Waals surface area contributed by atoms with Crippen LogP contribution in [0.3, 0.4) is 0 Å². The van der Waals surface area contributed by atoms with E-state index in [4.69, 9.17) is 4.52 Å². The van der Waals surface area contributed by atoms with E-state index in [9.17, 15) is 13.2 Å². The Morgan fingerprint density at radius 2 is 2.04 bits per heavy atom. The number of aryl methyl sites for hydroxylation is 2. The molecule has 1 saturated heterocycles. The van der Waals surface area contributed by atoms with E-state index in [1.165, 1.54) is 4.31 Å². The molecular formula is C16H21N5O4S. The van der Waals surface area contributed by atoms with Gasteiger partial charge in [-0.2, -0.15) is 9.29 Å². The monoisotopic (exact) mass is 379 g/mol. The summed E-state index contributed by atoms with van der Waals surface area (Å²) in [5.41, 5.74) is 1.16. The molecule has 2 aromatic rings. The number of carbonyl (C=O) groups is 1. The molecule has 0 aromatic carbocycles. The van der Waals surface area contributed by atoms with Crippen molar-refractivity contribution in [2.45, 2.75) is 26.3 Å². The fourth-order valence-electron chi connectivity index (χ4n) is 3.06. The van der Waals surface area contributed by atoms with Crippen molar-refractivity contribution < 1.29 is 17.7 Å². The molecule has 3 heterocycles. The van der Waals surface area contributed by atoms with E-state index < -0.39 is 16.1 Å². The molecule has 9 nitrogen and oxygen atoms in total. The van der Waals surface area contributed by atoms with Gasteiger partial charge in [-0.3, -0.25) is 9.78 Å². The fraction of sp³-hybridized carbons (Fsp3) is 0.500. The molecule has 0 bridgehead atoms. The molecule has 3 rings (SSSR count). The van der Waals surface area contributed by atoms with E-state index in [0.29, 0.717) is 24.5 Å². The summed E-state index contributed by atoms with van der Waals surface area (Å²) in [6.45, 7) is 4.29. The Balaban J connectivity index is 1.87. The first-order valence-electron chi connectivity index (χ1n) is 8.25. The van der Waals surface area contributed by atoms with Crippen molar-refractivity contribution >= 4 is 15.9 Å². The van der Waals surface area contributed by atoms with Gasteiger partial charge in [-0.15, -0.1) is 0 Å². The van der Waals surface area contributed by atoms with Crippen molar-refractivity contribution in [1.82, 2.24) is 24.3 Å². The highest BCUT2D eigenvalue weighted by Gasteiger charge is 2.36. The fourth-order valence-corrected chi connectivity index (χ4v) is 4.13. The number of aromatic nitrogens is 3. The van der Waals surface area contributed by atoms with Crippen LogP contribution in [0.1, 0.15) is 40.2 Å². The molecule has 26 heavy (non-hydrogen) atoms. The minimum Gasteiger partial charge on any atom is -0.338 e. The highest BCUT2D eigenvalue weighted by atomic mass is 32.2. The second kappa shape index (κ2) is 7.12. The largest absolute Gasteiger partial charge is 0.338 e. The lowest BCUT2D eigenvalue weighted by atomic mass is 10.1. The van der Waals surface area contributed by atoms with Crippen molar-refractivity contribution in [1.29, 1.82) is 0 Å². The van der Waals surface area contributed by atoms with Crippen LogP contribution in [-0.2, 0) is 10.0 Å². The molecule has 0 saturated carbocycles. The zero-order valence-corrected chi connectivity index (χ0v) is 15.7. The average Bonchev–Trinajstić information content (AvgIpc) is 2.88. The number of carbonyl (C=O) groups excluding carboxylic acids is 1. The number of hydrogen-bond donors (Lipinski definition) is 0. The maximum atomic E-state index is 12.8. The van der Waals surface area contributed by atoms with Gasteiger partial charge in [0.2, 0.25) is 15.9 Å². The molecule has 140 valence electrons. The van der Waals surface area contributed by atoms with Gasteiger partial charge in [0, 0.05) is 25.8 Å². The minimum absolute atomic E-state index is 0.155. The molecule has 10 heteroatoms. The summed E-state index contributed by atoms with van der Waals surface area (Å²) in [5.74, 6) is 0.477. The lowest BCUT2D eigenvalue weighted by molar-refractivity contribution is 0.0757. The number of rotatable bonds is 3. The van der Waals surface area contributed by atoms with Gasteiger partial charge in [-0.25, -0.2) is 8.42 Å².